The number of nitrogens with two attached hydrogens (primary N) is 1. The molecule has 5 heterocycles. The topological polar surface area (TPSA) is 252 Å². The highest BCUT2D eigenvalue weighted by Crippen LogP contribution is 2.56. The van der Waals surface area contributed by atoms with Crippen molar-refractivity contribution in [2.24, 2.45) is 17.6 Å². The molecule has 19 nitrogen and oxygen atoms in total. The lowest BCUT2D eigenvalue weighted by Crippen LogP contribution is -2.27. The summed E-state index contributed by atoms with van der Waals surface area (Å²) in [4.78, 5) is 62.0. The molecule has 7 aromatic rings. The Bertz CT molecular complexity index is 3140. The van der Waals surface area contributed by atoms with Gasteiger partial charge < -0.3 is 44.8 Å². The van der Waals surface area contributed by atoms with E-state index in [4.69, 9.17) is 24.7 Å². The molecule has 5 aromatic heterocycles. The number of anilines is 1. The Morgan fingerprint density at radius 1 is 0.653 bits per heavy atom. The minimum Gasteiger partial charge on any atom is -0.492 e. The zero-order valence-electron chi connectivity index (χ0n) is 41.7. The van der Waals surface area contributed by atoms with Crippen molar-refractivity contribution in [3.05, 3.63) is 175 Å². The molecule has 0 radical (unpaired) electrons. The highest BCUT2D eigenvalue weighted by Gasteiger charge is 2.60. The normalized spacial score (nSPS) is 17.6. The van der Waals surface area contributed by atoms with Crippen molar-refractivity contribution in [1.82, 2.24) is 34.9 Å². The molecule has 2 aliphatic rings. The van der Waals surface area contributed by atoms with Gasteiger partial charge in [-0.3, -0.25) is 9.59 Å². The van der Waals surface area contributed by atoms with Crippen LogP contribution >= 0.6 is 31.9 Å². The highest BCUT2D eigenvalue weighted by atomic mass is 79.9. The summed E-state index contributed by atoms with van der Waals surface area (Å²) in [6, 6.07) is 24.2. The monoisotopic (exact) mass is 1160 g/mol. The molecule has 2 amide bonds. The van der Waals surface area contributed by atoms with Crippen LogP contribution in [-0.2, 0) is 20.4 Å². The van der Waals surface area contributed by atoms with Crippen molar-refractivity contribution in [1.29, 1.82) is 0 Å². The Morgan fingerprint density at radius 3 is 1.53 bits per heavy atom. The first kappa shape index (κ1) is 56.5. The number of aromatic nitrogens is 7. The Hall–Kier alpha value is -7.79. The Balaban J connectivity index is 0.000000179. The van der Waals surface area contributed by atoms with Crippen molar-refractivity contribution in [3.63, 3.8) is 0 Å². The number of pyridine rings is 3. The zero-order valence-corrected chi connectivity index (χ0v) is 44.9. The zero-order chi connectivity index (χ0) is 54.5. The molecule has 0 unspecified atom stereocenters. The molecule has 75 heavy (non-hydrogen) atoms. The molecule has 0 aliphatic heterocycles. The molecule has 9 rings (SSSR count). The van der Waals surface area contributed by atoms with Gasteiger partial charge in [0.2, 0.25) is 17.6 Å². The molecule has 2 saturated carbocycles. The maximum Gasteiger partial charge on any atom is 0.406 e. The number of nitrogens with zero attached hydrogens (tertiary/aromatic N) is 8. The van der Waals surface area contributed by atoms with Gasteiger partial charge in [0.1, 0.15) is 11.6 Å². The van der Waals surface area contributed by atoms with Gasteiger partial charge in [-0.25, -0.2) is 29.9 Å². The highest BCUT2D eigenvalue weighted by molar-refractivity contribution is 9.10. The van der Waals surface area contributed by atoms with Crippen LogP contribution in [0.15, 0.2) is 119 Å². The van der Waals surface area contributed by atoms with Gasteiger partial charge in [-0.15, -0.1) is 0 Å². The van der Waals surface area contributed by atoms with Crippen LogP contribution in [0, 0.1) is 61.5 Å². The molecular weight excluding hydrogens is 1110 g/mol. The average Bonchev–Trinajstić information content (AvgIpc) is 4.33. The molecule has 23 heteroatoms. The fourth-order valence-electron chi connectivity index (χ4n) is 7.95. The van der Waals surface area contributed by atoms with Gasteiger partial charge in [-0.1, -0.05) is 60.7 Å². The number of benzene rings is 2. The van der Waals surface area contributed by atoms with Gasteiger partial charge in [0.25, 0.3) is 11.9 Å². The first-order valence-electron chi connectivity index (χ1n) is 22.8. The number of primary amides is 1. The number of methoxy groups -OCH3 is 3. The number of amides is 2. The van der Waals surface area contributed by atoms with Crippen LogP contribution in [0.5, 0.6) is 28.7 Å². The number of hydrogen-bond acceptors (Lipinski definition) is 16. The predicted octanol–water partition coefficient (Wildman–Crippen LogP) is 9.28. The molecule has 2 fully saturated rings. The van der Waals surface area contributed by atoms with Crippen LogP contribution in [0.25, 0.3) is 0 Å². The quantitative estimate of drug-likeness (QED) is 0.0551. The third kappa shape index (κ3) is 14.5. The van der Waals surface area contributed by atoms with Crippen LogP contribution in [0.2, 0.25) is 0 Å². The van der Waals surface area contributed by atoms with Gasteiger partial charge in [0, 0.05) is 39.7 Å². The first-order chi connectivity index (χ1) is 35.8. The number of hydrogen-bond donors (Lipinski definition) is 2. The molecule has 0 saturated heterocycles. The summed E-state index contributed by atoms with van der Waals surface area (Å²) in [6.07, 6.45) is 8.67. The lowest BCUT2D eigenvalue weighted by molar-refractivity contribution is -0.390. The number of rotatable bonds is 15. The number of carbonyl (C=O) groups excluding carboxylic acids is 2. The second-order valence-electron chi connectivity index (χ2n) is 17.1. The summed E-state index contributed by atoms with van der Waals surface area (Å²) in [7, 11) is 4.10. The summed E-state index contributed by atoms with van der Waals surface area (Å²) >= 11 is 6.25. The third-order valence-electron chi connectivity index (χ3n) is 12.1. The Labute approximate surface area is 447 Å². The van der Waals surface area contributed by atoms with E-state index >= 15 is 0 Å². The summed E-state index contributed by atoms with van der Waals surface area (Å²) in [5, 5.41) is 13.2. The SMILES string of the molecule is COc1cc(Br)cnc1F.COc1cc(Br)cnc1[N+](=O)[O-].COc1cc(NC(=O)[C@@H]2C[C@@]2(COc2cnc(C)nc2C)c2ccccc2)cnc1F.Cc1ncc(OC[C@@]2(c3ccccc3)C[C@H]2C(N)=O)c(C)n1. The van der Waals surface area contributed by atoms with Crippen molar-refractivity contribution in [2.75, 3.05) is 39.9 Å². The van der Waals surface area contributed by atoms with Gasteiger partial charge >= 0.3 is 5.82 Å². The fraction of sp³-hybridized carbons (Fsp3) is 0.288. The summed E-state index contributed by atoms with van der Waals surface area (Å²) < 4.78 is 53.8. The molecule has 4 atom stereocenters. The maximum atomic E-state index is 13.6. The molecule has 2 aromatic carbocycles. The van der Waals surface area contributed by atoms with Crippen molar-refractivity contribution in [3.8, 4) is 28.7 Å². The second-order valence-corrected chi connectivity index (χ2v) is 18.9. The molecule has 3 N–H and O–H groups in total. The van der Waals surface area contributed by atoms with Crippen LogP contribution in [-0.4, -0.2) is 86.2 Å². The number of nitrogens with one attached hydrogen (secondary N) is 1. The van der Waals surface area contributed by atoms with Crippen molar-refractivity contribution in [2.45, 2.75) is 51.4 Å². The van der Waals surface area contributed by atoms with Crippen LogP contribution in [0.1, 0.15) is 47.0 Å². The van der Waals surface area contributed by atoms with Gasteiger partial charge in [-0.05, 0) is 93.4 Å². The van der Waals surface area contributed by atoms with Crippen molar-refractivity contribution >= 4 is 55.2 Å². The number of halogens is 4. The molecule has 392 valence electrons. The third-order valence-corrected chi connectivity index (χ3v) is 12.9. The smallest absolute Gasteiger partial charge is 0.406 e. The first-order valence-corrected chi connectivity index (χ1v) is 24.4. The van der Waals surface area contributed by atoms with Gasteiger partial charge in [-0.2, -0.15) is 8.78 Å². The van der Waals surface area contributed by atoms with E-state index in [0.29, 0.717) is 57.4 Å². The average molecular weight is 1160 g/mol. The molecule has 0 spiro atoms. The fourth-order valence-corrected chi connectivity index (χ4v) is 8.57. The van der Waals surface area contributed by atoms with E-state index in [1.807, 2.05) is 88.4 Å². The van der Waals surface area contributed by atoms with Gasteiger partial charge in [0.05, 0.1) is 86.5 Å². The van der Waals surface area contributed by atoms with E-state index in [9.17, 15) is 28.5 Å². The van der Waals surface area contributed by atoms with E-state index in [1.165, 1.54) is 58.1 Å². The number of carbonyl (C=O) groups is 2. The summed E-state index contributed by atoms with van der Waals surface area (Å²) in [5.41, 5.74) is 8.75. The lowest BCUT2D eigenvalue weighted by Gasteiger charge is -2.19. The minimum absolute atomic E-state index is 0.0268. The van der Waals surface area contributed by atoms with E-state index in [0.717, 1.165) is 28.9 Å². The van der Waals surface area contributed by atoms with Crippen molar-refractivity contribution < 1.29 is 47.0 Å². The minimum atomic E-state index is -0.727. The van der Waals surface area contributed by atoms with E-state index in [1.54, 1.807) is 12.4 Å². The van der Waals surface area contributed by atoms with Crippen LogP contribution < -0.4 is 34.7 Å². The Kier molecular flexibility index (Phi) is 19.2. The lowest BCUT2D eigenvalue weighted by atomic mass is 9.93. The Morgan fingerprint density at radius 2 is 1.09 bits per heavy atom. The predicted molar refractivity (Wildman–Crippen MR) is 279 cm³/mol. The molecular formula is C52H52Br2F2N10O9. The molecule has 0 bridgehead atoms. The van der Waals surface area contributed by atoms with E-state index < -0.39 is 22.2 Å². The van der Waals surface area contributed by atoms with Gasteiger partial charge in [0.15, 0.2) is 29.2 Å². The number of nitro groups is 1. The van der Waals surface area contributed by atoms with E-state index in [2.05, 4.69) is 76.8 Å². The van der Waals surface area contributed by atoms with E-state index in [-0.39, 0.29) is 52.1 Å². The second kappa shape index (κ2) is 25.4. The number of ether oxygens (including phenoxy) is 5. The summed E-state index contributed by atoms with van der Waals surface area (Å²) in [6.45, 7) is 8.13. The summed E-state index contributed by atoms with van der Waals surface area (Å²) in [5.74, 6) is 0.364. The largest absolute Gasteiger partial charge is 0.492 e. The van der Waals surface area contributed by atoms with Crippen LogP contribution in [0.3, 0.4) is 0 Å². The number of aryl methyl sites for hydroxylation is 4. The van der Waals surface area contributed by atoms with Crippen LogP contribution in [0.4, 0.5) is 20.3 Å². The molecule has 2 aliphatic carbocycles. The standard InChI is InChI=1S/C23H23FN4O3.C17H19N3O2.C6H5BrFNO.C6H5BrN2O3/c1-14-20(12-25-15(2)27-14)31-13-23(16-7-5-4-6-8-16)10-18(23)22(29)28-17-9-19(30-3)21(24)26-11-17;1-11-15(9-19-12(2)20-11)22-10-17(8-14(17)16(18)21)13-6-4-3-5-7-13;1-10-5-2-4(7)3-9-6(5)8;1-12-5-2-4(7)3-8-6(5)9(10)11/h4-9,11-12,18H,10,13H2,1-3H3,(H,28,29);3-7,9,14H,8,10H2,1-2H3,(H2,18,21);2-3H,1H3;2-3H,1H3/t18-,23+;14-,17+;;/m00../s1. The maximum absolute atomic E-state index is 13.6.